The van der Waals surface area contributed by atoms with Gasteiger partial charge in [0, 0.05) is 59.3 Å². The Morgan fingerprint density at radius 1 is 1.14 bits per heavy atom. The number of imidazole rings is 1. The van der Waals surface area contributed by atoms with Gasteiger partial charge in [-0.05, 0) is 25.3 Å². The molecule has 0 amide bonds. The minimum Gasteiger partial charge on any atom is -0.493 e. The molecule has 0 bridgehead atoms. The van der Waals surface area contributed by atoms with Crippen molar-refractivity contribution in [1.29, 1.82) is 0 Å². The number of aromatic hydroxyl groups is 2. The molecule has 4 aromatic heterocycles. The lowest BCUT2D eigenvalue weighted by molar-refractivity contribution is 0.0193. The zero-order valence-electron chi connectivity index (χ0n) is 18.5. The lowest BCUT2D eigenvalue weighted by Gasteiger charge is -2.41. The van der Waals surface area contributed by atoms with Crippen LogP contribution in [0.15, 0.2) is 46.6 Å². The molecule has 35 heavy (non-hydrogen) atoms. The summed E-state index contributed by atoms with van der Waals surface area (Å²) in [6.45, 7) is 1.33. The van der Waals surface area contributed by atoms with Crippen molar-refractivity contribution in [3.63, 3.8) is 0 Å². The third-order valence-electron chi connectivity index (χ3n) is 6.98. The smallest absolute Gasteiger partial charge is 0.232 e. The van der Waals surface area contributed by atoms with E-state index in [-0.39, 0.29) is 28.0 Å². The summed E-state index contributed by atoms with van der Waals surface area (Å²) in [7, 11) is 0. The number of piperidine rings is 1. The number of anilines is 2. The van der Waals surface area contributed by atoms with Crippen molar-refractivity contribution in [2.24, 2.45) is 5.41 Å². The van der Waals surface area contributed by atoms with E-state index in [2.05, 4.69) is 24.8 Å². The third-order valence-corrected chi connectivity index (χ3v) is 8.60. The summed E-state index contributed by atoms with van der Waals surface area (Å²) in [5, 5.41) is 31.9. The molecule has 5 N–H and O–H groups in total. The second kappa shape index (κ2) is 8.14. The average molecular weight is 512 g/mol. The van der Waals surface area contributed by atoms with Crippen LogP contribution in [-0.2, 0) is 6.42 Å². The second-order valence-corrected chi connectivity index (χ2v) is 10.4. The van der Waals surface area contributed by atoms with Crippen LogP contribution in [0.5, 0.6) is 11.8 Å². The molecule has 6 rings (SSSR count). The van der Waals surface area contributed by atoms with E-state index < -0.39 is 6.10 Å². The van der Waals surface area contributed by atoms with Gasteiger partial charge in [-0.1, -0.05) is 29.4 Å². The van der Waals surface area contributed by atoms with E-state index >= 15 is 0 Å². The SMILES string of the molecule is Nc1nc(O)cc(Sc2c(O)nc(N3CCC4(CC3)Cc3ncccc3C4O)n3ccnc23)c1Cl. The van der Waals surface area contributed by atoms with Crippen LogP contribution in [0, 0.1) is 5.41 Å². The highest BCUT2D eigenvalue weighted by molar-refractivity contribution is 7.99. The predicted molar refractivity (Wildman–Crippen MR) is 131 cm³/mol. The van der Waals surface area contributed by atoms with Crippen LogP contribution < -0.4 is 10.6 Å². The minimum absolute atomic E-state index is 0.00806. The molecule has 0 saturated carbocycles. The van der Waals surface area contributed by atoms with E-state index in [1.807, 2.05) is 16.5 Å². The van der Waals surface area contributed by atoms with Gasteiger partial charge in [0.2, 0.25) is 17.7 Å². The van der Waals surface area contributed by atoms with Crippen LogP contribution >= 0.6 is 23.4 Å². The first-order valence-corrected chi connectivity index (χ1v) is 12.3. The van der Waals surface area contributed by atoms with Crippen LogP contribution in [0.4, 0.5) is 11.8 Å². The number of aromatic nitrogens is 5. The first-order valence-electron chi connectivity index (χ1n) is 11.1. The van der Waals surface area contributed by atoms with Crippen molar-refractivity contribution in [2.75, 3.05) is 23.7 Å². The molecule has 2 aliphatic rings. The fourth-order valence-corrected chi connectivity index (χ4v) is 6.32. The fourth-order valence-electron chi connectivity index (χ4n) is 5.15. The Bertz CT molecular complexity index is 1450. The molecule has 180 valence electrons. The van der Waals surface area contributed by atoms with Crippen molar-refractivity contribution >= 4 is 40.8 Å². The number of aliphatic hydroxyl groups excluding tert-OH is 1. The van der Waals surface area contributed by atoms with E-state index in [0.29, 0.717) is 34.5 Å². The van der Waals surface area contributed by atoms with Crippen molar-refractivity contribution in [3.05, 3.63) is 53.1 Å². The Kier molecular flexibility index (Phi) is 5.17. The normalized spacial score (nSPS) is 18.9. The first kappa shape index (κ1) is 22.2. The van der Waals surface area contributed by atoms with E-state index in [9.17, 15) is 15.3 Å². The zero-order valence-corrected chi connectivity index (χ0v) is 20.0. The summed E-state index contributed by atoms with van der Waals surface area (Å²) in [5.74, 6) is 0.0887. The molecule has 1 saturated heterocycles. The molecule has 1 atom stereocenters. The molecule has 0 radical (unpaired) electrons. The zero-order chi connectivity index (χ0) is 24.3. The van der Waals surface area contributed by atoms with Gasteiger partial charge >= 0.3 is 0 Å². The van der Waals surface area contributed by atoms with Gasteiger partial charge in [-0.2, -0.15) is 9.97 Å². The highest BCUT2D eigenvalue weighted by Crippen LogP contribution is 2.52. The Hall–Kier alpha value is -3.28. The van der Waals surface area contributed by atoms with Gasteiger partial charge in [-0.15, -0.1) is 0 Å². The molecule has 0 aromatic carbocycles. The highest BCUT2D eigenvalue weighted by atomic mass is 35.5. The van der Waals surface area contributed by atoms with Gasteiger partial charge in [0.05, 0.1) is 11.1 Å². The number of nitrogens with two attached hydrogens (primary N) is 1. The fraction of sp³-hybridized carbons (Fsp3) is 0.304. The average Bonchev–Trinajstić information content (AvgIpc) is 3.43. The number of aliphatic hydroxyl groups is 1. The highest BCUT2D eigenvalue weighted by Gasteiger charge is 2.48. The number of fused-ring (bicyclic) bond motifs is 2. The summed E-state index contributed by atoms with van der Waals surface area (Å²) < 4.78 is 1.82. The topological polar surface area (TPSA) is 146 Å². The molecule has 4 aromatic rings. The number of pyridine rings is 2. The van der Waals surface area contributed by atoms with E-state index in [4.69, 9.17) is 17.3 Å². The van der Waals surface area contributed by atoms with Gasteiger partial charge in [0.1, 0.15) is 10.7 Å². The number of halogens is 1. The molecule has 1 fully saturated rings. The van der Waals surface area contributed by atoms with Crippen LogP contribution in [0.3, 0.4) is 0 Å². The quantitative estimate of drug-likeness (QED) is 0.323. The van der Waals surface area contributed by atoms with Crippen molar-refractivity contribution in [3.8, 4) is 11.8 Å². The summed E-state index contributed by atoms with van der Waals surface area (Å²) in [6, 6.07) is 5.20. The van der Waals surface area contributed by atoms with Crippen LogP contribution in [0.1, 0.15) is 30.2 Å². The summed E-state index contributed by atoms with van der Waals surface area (Å²) in [6.07, 6.45) is 6.96. The lowest BCUT2D eigenvalue weighted by atomic mass is 9.74. The molecule has 12 heteroatoms. The maximum atomic E-state index is 11.1. The number of rotatable bonds is 3. The lowest BCUT2D eigenvalue weighted by Crippen LogP contribution is -2.43. The van der Waals surface area contributed by atoms with Crippen molar-refractivity contribution in [1.82, 2.24) is 24.3 Å². The van der Waals surface area contributed by atoms with Gasteiger partial charge in [0.15, 0.2) is 5.65 Å². The number of hydrogen-bond donors (Lipinski definition) is 4. The molecule has 1 spiro atoms. The monoisotopic (exact) mass is 511 g/mol. The maximum absolute atomic E-state index is 11.1. The van der Waals surface area contributed by atoms with Gasteiger partial charge < -0.3 is 26.0 Å². The summed E-state index contributed by atoms with van der Waals surface area (Å²) in [4.78, 5) is 20.0. The van der Waals surface area contributed by atoms with E-state index in [1.54, 1.807) is 18.6 Å². The van der Waals surface area contributed by atoms with Gasteiger partial charge in [-0.3, -0.25) is 9.38 Å². The first-order chi connectivity index (χ1) is 16.9. The molecular formula is C23H22ClN7O3S. The Labute approximate surface area is 209 Å². The minimum atomic E-state index is -0.532. The van der Waals surface area contributed by atoms with E-state index in [1.165, 1.54) is 6.07 Å². The molecule has 1 aliphatic carbocycles. The number of nitrogens with zero attached hydrogens (tertiary/aromatic N) is 6. The van der Waals surface area contributed by atoms with Gasteiger partial charge in [0.25, 0.3) is 0 Å². The Morgan fingerprint density at radius 2 is 1.94 bits per heavy atom. The number of hydrogen-bond acceptors (Lipinski definition) is 10. The Balaban J connectivity index is 1.29. The molecule has 5 heterocycles. The van der Waals surface area contributed by atoms with Crippen LogP contribution in [0.2, 0.25) is 5.02 Å². The summed E-state index contributed by atoms with van der Waals surface area (Å²) >= 11 is 7.37. The van der Waals surface area contributed by atoms with Gasteiger partial charge in [-0.25, -0.2) is 4.98 Å². The molecule has 1 aliphatic heterocycles. The third kappa shape index (κ3) is 3.53. The van der Waals surface area contributed by atoms with Crippen LogP contribution in [-0.4, -0.2) is 52.7 Å². The number of nitrogen functional groups attached to an aromatic ring is 1. The Morgan fingerprint density at radius 3 is 2.71 bits per heavy atom. The van der Waals surface area contributed by atoms with E-state index in [0.717, 1.165) is 42.3 Å². The van der Waals surface area contributed by atoms with Crippen molar-refractivity contribution in [2.45, 2.75) is 35.2 Å². The van der Waals surface area contributed by atoms with Crippen LogP contribution in [0.25, 0.3) is 5.65 Å². The second-order valence-electron chi connectivity index (χ2n) is 8.93. The van der Waals surface area contributed by atoms with Crippen molar-refractivity contribution < 1.29 is 15.3 Å². The maximum Gasteiger partial charge on any atom is 0.232 e. The largest absolute Gasteiger partial charge is 0.493 e. The predicted octanol–water partition coefficient (Wildman–Crippen LogP) is 3.19. The standard InChI is InChI=1S/C23H22ClN7O3S/c24-16-14(10-15(32)28-19(16)25)35-17-20-27-6-9-31(20)22(29-21(17)34)30-7-3-23(4-8-30)11-13-12(18(23)33)2-1-5-26-13/h1-2,5-6,9-10,18,33-34H,3-4,7-8,11H2,(H3,25,28,32). The molecule has 1 unspecified atom stereocenters. The molecule has 10 nitrogen and oxygen atoms in total. The molecular weight excluding hydrogens is 490 g/mol. The summed E-state index contributed by atoms with van der Waals surface area (Å²) in [5.41, 5.74) is 7.94.